The van der Waals surface area contributed by atoms with Crippen LogP contribution < -0.4 is 5.32 Å². The molecule has 2 aromatic carbocycles. The smallest absolute Gasteiger partial charge is 0.123 e. The standard InChI is InChI=1S/C23H30F2N2O3/c24-20-6-2-18(3-7-20)23(19-4-8-21(25)9-5-19)30-17-22(28)16-26-10-1-11-27-12-14-29-15-13-27/h2-9,22-23,26,28H,1,10-17H2. The molecular formula is C23H30F2N2O3. The second-order valence-corrected chi connectivity index (χ2v) is 7.48. The van der Waals surface area contributed by atoms with E-state index in [1.54, 1.807) is 24.3 Å². The number of hydrogen-bond acceptors (Lipinski definition) is 5. The first kappa shape index (κ1) is 22.8. The van der Waals surface area contributed by atoms with Crippen molar-refractivity contribution >= 4 is 0 Å². The van der Waals surface area contributed by atoms with Crippen LogP contribution in [0.3, 0.4) is 0 Å². The summed E-state index contributed by atoms with van der Waals surface area (Å²) in [7, 11) is 0. The minimum Gasteiger partial charge on any atom is -0.389 e. The van der Waals surface area contributed by atoms with Crippen LogP contribution in [0.15, 0.2) is 48.5 Å². The van der Waals surface area contributed by atoms with E-state index in [-0.39, 0.29) is 18.2 Å². The highest BCUT2D eigenvalue weighted by molar-refractivity contribution is 5.30. The van der Waals surface area contributed by atoms with Gasteiger partial charge in [-0.3, -0.25) is 4.90 Å². The molecule has 1 saturated heterocycles. The lowest BCUT2D eigenvalue weighted by Crippen LogP contribution is -2.38. The van der Waals surface area contributed by atoms with Gasteiger partial charge in [0.2, 0.25) is 0 Å². The largest absolute Gasteiger partial charge is 0.389 e. The van der Waals surface area contributed by atoms with Crippen LogP contribution in [0.5, 0.6) is 0 Å². The molecule has 0 bridgehead atoms. The summed E-state index contributed by atoms with van der Waals surface area (Å²) in [4.78, 5) is 2.38. The third-order valence-corrected chi connectivity index (χ3v) is 5.11. The molecule has 7 heteroatoms. The van der Waals surface area contributed by atoms with Crippen molar-refractivity contribution in [2.75, 3.05) is 52.5 Å². The second kappa shape index (κ2) is 12.1. The Bertz CT molecular complexity index is 692. The fraction of sp³-hybridized carbons (Fsp3) is 0.478. The first-order chi connectivity index (χ1) is 14.6. The van der Waals surface area contributed by atoms with Crippen LogP contribution in [0.4, 0.5) is 8.78 Å². The van der Waals surface area contributed by atoms with E-state index in [1.165, 1.54) is 24.3 Å². The lowest BCUT2D eigenvalue weighted by atomic mass is 10.0. The third-order valence-electron chi connectivity index (χ3n) is 5.11. The Hall–Kier alpha value is -1.90. The highest BCUT2D eigenvalue weighted by Gasteiger charge is 2.17. The number of nitrogens with one attached hydrogen (secondary N) is 1. The monoisotopic (exact) mass is 420 g/mol. The molecule has 0 aromatic heterocycles. The number of halogens is 2. The van der Waals surface area contributed by atoms with E-state index in [2.05, 4.69) is 10.2 Å². The summed E-state index contributed by atoms with van der Waals surface area (Å²) < 4.78 is 37.9. The molecule has 1 unspecified atom stereocenters. The van der Waals surface area contributed by atoms with Gasteiger partial charge in [0.05, 0.1) is 25.9 Å². The SMILES string of the molecule is OC(CNCCCN1CCOCC1)COC(c1ccc(F)cc1)c1ccc(F)cc1. The molecule has 1 aliphatic rings. The van der Waals surface area contributed by atoms with Crippen molar-refractivity contribution in [3.8, 4) is 0 Å². The molecule has 30 heavy (non-hydrogen) atoms. The van der Waals surface area contributed by atoms with Gasteiger partial charge in [-0.05, 0) is 54.9 Å². The average Bonchev–Trinajstić information content (AvgIpc) is 2.77. The van der Waals surface area contributed by atoms with Crippen LogP contribution in [0, 0.1) is 11.6 Å². The van der Waals surface area contributed by atoms with Gasteiger partial charge in [0.15, 0.2) is 0 Å². The van der Waals surface area contributed by atoms with Crippen molar-refractivity contribution in [2.45, 2.75) is 18.6 Å². The number of aliphatic hydroxyl groups excluding tert-OH is 1. The molecule has 0 amide bonds. The van der Waals surface area contributed by atoms with Crippen LogP contribution in [0.25, 0.3) is 0 Å². The zero-order chi connectivity index (χ0) is 21.2. The second-order valence-electron chi connectivity index (χ2n) is 7.48. The number of benzene rings is 2. The molecular weight excluding hydrogens is 390 g/mol. The van der Waals surface area contributed by atoms with Gasteiger partial charge in [-0.25, -0.2) is 8.78 Å². The topological polar surface area (TPSA) is 54.0 Å². The Morgan fingerprint density at radius 3 is 2.10 bits per heavy atom. The molecule has 2 aromatic rings. The highest BCUT2D eigenvalue weighted by atomic mass is 19.1. The maximum atomic E-state index is 13.3. The van der Waals surface area contributed by atoms with Gasteiger partial charge in [0.25, 0.3) is 0 Å². The van der Waals surface area contributed by atoms with Crippen molar-refractivity contribution in [1.29, 1.82) is 0 Å². The van der Waals surface area contributed by atoms with Gasteiger partial charge >= 0.3 is 0 Å². The summed E-state index contributed by atoms with van der Waals surface area (Å²) in [6, 6.07) is 12.0. The molecule has 2 N–H and O–H groups in total. The van der Waals surface area contributed by atoms with Gasteiger partial charge in [-0.15, -0.1) is 0 Å². The average molecular weight is 420 g/mol. The van der Waals surface area contributed by atoms with E-state index < -0.39 is 12.2 Å². The van der Waals surface area contributed by atoms with Crippen LogP contribution >= 0.6 is 0 Å². The number of nitrogens with zero attached hydrogens (tertiary/aromatic N) is 1. The number of hydrogen-bond donors (Lipinski definition) is 2. The summed E-state index contributed by atoms with van der Waals surface area (Å²) in [6.45, 7) is 5.90. The summed E-state index contributed by atoms with van der Waals surface area (Å²) in [6.07, 6.45) is -0.194. The maximum Gasteiger partial charge on any atom is 0.123 e. The molecule has 1 heterocycles. The first-order valence-corrected chi connectivity index (χ1v) is 10.4. The number of morpholine rings is 1. The summed E-state index contributed by atoms with van der Waals surface area (Å²) in [5, 5.41) is 13.5. The van der Waals surface area contributed by atoms with Crippen molar-refractivity contribution in [3.63, 3.8) is 0 Å². The molecule has 1 atom stereocenters. The Kier molecular flexibility index (Phi) is 9.17. The van der Waals surface area contributed by atoms with Crippen molar-refractivity contribution in [3.05, 3.63) is 71.3 Å². The molecule has 0 spiro atoms. The normalized spacial score (nSPS) is 16.1. The van der Waals surface area contributed by atoms with Crippen LogP contribution in [0.2, 0.25) is 0 Å². The number of aliphatic hydroxyl groups is 1. The van der Waals surface area contributed by atoms with E-state index >= 15 is 0 Å². The third kappa shape index (κ3) is 7.41. The number of rotatable bonds is 11. The molecule has 5 nitrogen and oxygen atoms in total. The molecule has 1 fully saturated rings. The lowest BCUT2D eigenvalue weighted by Gasteiger charge is -2.26. The molecule has 0 radical (unpaired) electrons. The zero-order valence-corrected chi connectivity index (χ0v) is 17.1. The maximum absolute atomic E-state index is 13.3. The van der Waals surface area contributed by atoms with Crippen molar-refractivity contribution in [2.24, 2.45) is 0 Å². The van der Waals surface area contributed by atoms with Crippen LogP contribution in [0.1, 0.15) is 23.7 Å². The van der Waals surface area contributed by atoms with E-state index in [4.69, 9.17) is 9.47 Å². The fourth-order valence-electron chi connectivity index (χ4n) is 3.45. The summed E-state index contributed by atoms with van der Waals surface area (Å²) >= 11 is 0. The van der Waals surface area contributed by atoms with Gasteiger partial charge in [-0.2, -0.15) is 0 Å². The zero-order valence-electron chi connectivity index (χ0n) is 17.1. The Labute approximate surface area is 176 Å². The van der Waals surface area contributed by atoms with Crippen LogP contribution in [-0.4, -0.2) is 68.7 Å². The van der Waals surface area contributed by atoms with E-state index in [0.717, 1.165) is 56.9 Å². The van der Waals surface area contributed by atoms with Crippen LogP contribution in [-0.2, 0) is 9.47 Å². The van der Waals surface area contributed by atoms with E-state index in [9.17, 15) is 13.9 Å². The Morgan fingerprint density at radius 1 is 0.967 bits per heavy atom. The van der Waals surface area contributed by atoms with E-state index in [0.29, 0.717) is 6.54 Å². The van der Waals surface area contributed by atoms with Gasteiger partial charge in [0, 0.05) is 19.6 Å². The molecule has 1 aliphatic heterocycles. The van der Waals surface area contributed by atoms with Gasteiger partial charge in [0.1, 0.15) is 17.7 Å². The molecule has 0 aliphatic carbocycles. The highest BCUT2D eigenvalue weighted by Crippen LogP contribution is 2.26. The van der Waals surface area contributed by atoms with Crippen molar-refractivity contribution < 1.29 is 23.4 Å². The Balaban J connectivity index is 1.44. The Morgan fingerprint density at radius 2 is 1.53 bits per heavy atom. The van der Waals surface area contributed by atoms with Crippen molar-refractivity contribution in [1.82, 2.24) is 10.2 Å². The first-order valence-electron chi connectivity index (χ1n) is 10.4. The summed E-state index contributed by atoms with van der Waals surface area (Å²) in [5.41, 5.74) is 1.49. The lowest BCUT2D eigenvalue weighted by molar-refractivity contribution is 0.00637. The minimum atomic E-state index is -0.684. The molecule has 3 rings (SSSR count). The molecule has 164 valence electrons. The number of ether oxygens (including phenoxy) is 2. The fourth-order valence-corrected chi connectivity index (χ4v) is 3.45. The van der Waals surface area contributed by atoms with Gasteiger partial charge < -0.3 is 19.9 Å². The van der Waals surface area contributed by atoms with E-state index in [1.807, 2.05) is 0 Å². The van der Waals surface area contributed by atoms with Gasteiger partial charge in [-0.1, -0.05) is 24.3 Å². The summed E-state index contributed by atoms with van der Waals surface area (Å²) in [5.74, 6) is -0.671. The predicted molar refractivity (Wildman–Crippen MR) is 111 cm³/mol. The predicted octanol–water partition coefficient (Wildman–Crippen LogP) is 2.74. The minimum absolute atomic E-state index is 0.107. The molecule has 0 saturated carbocycles. The quantitative estimate of drug-likeness (QED) is 0.548.